The summed E-state index contributed by atoms with van der Waals surface area (Å²) in [6, 6.07) is 9.34. The lowest BCUT2D eigenvalue weighted by atomic mass is 9.95. The van der Waals surface area contributed by atoms with E-state index in [0.717, 1.165) is 31.2 Å². The van der Waals surface area contributed by atoms with Crippen molar-refractivity contribution in [3.05, 3.63) is 35.9 Å². The summed E-state index contributed by atoms with van der Waals surface area (Å²) >= 11 is 0. The third-order valence-corrected chi connectivity index (χ3v) is 6.39. The number of benzene rings is 1. The smallest absolute Gasteiger partial charge is 0.426 e. The van der Waals surface area contributed by atoms with E-state index in [1.807, 2.05) is 30.3 Å². The van der Waals surface area contributed by atoms with Crippen molar-refractivity contribution in [1.29, 1.82) is 0 Å². The van der Waals surface area contributed by atoms with Crippen molar-refractivity contribution in [1.82, 2.24) is 4.31 Å². The molecule has 168 valence electrons. The number of carbonyl (C=O) groups is 1. The Morgan fingerprint density at radius 3 is 2.27 bits per heavy atom. The molecule has 30 heavy (non-hydrogen) atoms. The summed E-state index contributed by atoms with van der Waals surface area (Å²) in [5.74, 6) is 0. The number of nitrogens with zero attached hydrogens (tertiary/aromatic N) is 1. The lowest BCUT2D eigenvalue weighted by molar-refractivity contribution is -0.0460. The first-order valence-corrected chi connectivity index (χ1v) is 11.7. The van der Waals surface area contributed by atoms with E-state index in [0.29, 0.717) is 10.9 Å². The molecular formula is C21H31NO7S. The standard InChI is InChI=1S/C21H31NO7S/c1-21(2,3)29-20(23)22-17(15-28-30(22,24)25)14-27-19-11-9-18(10-12-19)26-13-16-7-5-4-6-8-16/h4-8,17-19H,9-15H2,1-3H3/t17-,18?,19?/m1/s1. The summed E-state index contributed by atoms with van der Waals surface area (Å²) in [4.78, 5) is 12.3. The largest absolute Gasteiger partial charge is 0.443 e. The number of hydrogen-bond donors (Lipinski definition) is 0. The van der Waals surface area contributed by atoms with Crippen LogP contribution in [-0.2, 0) is 35.3 Å². The van der Waals surface area contributed by atoms with Crippen LogP contribution in [0.2, 0.25) is 0 Å². The number of hydrogen-bond acceptors (Lipinski definition) is 7. The van der Waals surface area contributed by atoms with E-state index in [1.54, 1.807) is 20.8 Å². The molecule has 3 rings (SSSR count). The van der Waals surface area contributed by atoms with Gasteiger partial charge in [0, 0.05) is 0 Å². The van der Waals surface area contributed by atoms with Gasteiger partial charge in [0.15, 0.2) is 0 Å². The van der Waals surface area contributed by atoms with E-state index in [2.05, 4.69) is 0 Å². The molecule has 1 amide bonds. The van der Waals surface area contributed by atoms with E-state index >= 15 is 0 Å². The molecule has 1 aromatic carbocycles. The molecule has 0 radical (unpaired) electrons. The van der Waals surface area contributed by atoms with Crippen LogP contribution in [0.1, 0.15) is 52.0 Å². The Kier molecular flexibility index (Phi) is 7.38. The van der Waals surface area contributed by atoms with E-state index in [-0.39, 0.29) is 25.4 Å². The minimum absolute atomic E-state index is 0.00497. The molecule has 0 N–H and O–H groups in total. The predicted molar refractivity (Wildman–Crippen MR) is 110 cm³/mol. The molecule has 9 heteroatoms. The Hall–Kier alpha value is -1.68. The molecule has 1 aromatic rings. The molecule has 1 saturated carbocycles. The number of amides is 1. The van der Waals surface area contributed by atoms with Crippen LogP contribution in [0, 0.1) is 0 Å². The lowest BCUT2D eigenvalue weighted by Crippen LogP contribution is -2.45. The van der Waals surface area contributed by atoms with Crippen LogP contribution in [0.3, 0.4) is 0 Å². The highest BCUT2D eigenvalue weighted by Gasteiger charge is 2.45. The molecule has 0 unspecified atom stereocenters. The summed E-state index contributed by atoms with van der Waals surface area (Å²) in [6.45, 7) is 5.59. The molecule has 2 aliphatic rings. The molecule has 1 atom stereocenters. The van der Waals surface area contributed by atoms with Gasteiger partial charge in [-0.25, -0.2) is 4.79 Å². The summed E-state index contributed by atoms with van der Waals surface area (Å²) in [6.07, 6.45) is 2.67. The first-order valence-electron chi connectivity index (χ1n) is 10.3. The maximum atomic E-state index is 12.3. The minimum Gasteiger partial charge on any atom is -0.443 e. The molecule has 2 fully saturated rings. The topological polar surface area (TPSA) is 91.4 Å². The molecule has 0 bridgehead atoms. The predicted octanol–water partition coefficient (Wildman–Crippen LogP) is 3.41. The normalized spacial score (nSPS) is 26.5. The van der Waals surface area contributed by atoms with Crippen molar-refractivity contribution < 1.29 is 31.6 Å². The summed E-state index contributed by atoms with van der Waals surface area (Å²) in [7, 11) is -4.14. The Labute approximate surface area is 178 Å². The van der Waals surface area contributed by atoms with Crippen molar-refractivity contribution >= 4 is 16.4 Å². The fraction of sp³-hybridized carbons (Fsp3) is 0.667. The van der Waals surface area contributed by atoms with Gasteiger partial charge >= 0.3 is 16.4 Å². The first kappa shape index (κ1) is 23.0. The van der Waals surface area contributed by atoms with Crippen LogP contribution < -0.4 is 0 Å². The quantitative estimate of drug-likeness (QED) is 0.668. The zero-order valence-electron chi connectivity index (χ0n) is 17.8. The van der Waals surface area contributed by atoms with Gasteiger partial charge in [-0.15, -0.1) is 0 Å². The fourth-order valence-electron chi connectivity index (χ4n) is 3.54. The molecule has 0 aromatic heterocycles. The van der Waals surface area contributed by atoms with Crippen LogP contribution in [0.25, 0.3) is 0 Å². The highest BCUT2D eigenvalue weighted by molar-refractivity contribution is 7.85. The second-order valence-electron chi connectivity index (χ2n) is 8.70. The molecular weight excluding hydrogens is 410 g/mol. The fourth-order valence-corrected chi connectivity index (χ4v) is 4.69. The van der Waals surface area contributed by atoms with Crippen LogP contribution >= 0.6 is 0 Å². The van der Waals surface area contributed by atoms with Gasteiger partial charge in [-0.05, 0) is 52.0 Å². The Bertz CT molecular complexity index is 798. The van der Waals surface area contributed by atoms with Crippen molar-refractivity contribution in [2.24, 2.45) is 0 Å². The second kappa shape index (κ2) is 9.64. The van der Waals surface area contributed by atoms with E-state index in [1.165, 1.54) is 0 Å². The van der Waals surface area contributed by atoms with Crippen molar-refractivity contribution in [3.63, 3.8) is 0 Å². The van der Waals surface area contributed by atoms with Crippen molar-refractivity contribution in [2.45, 2.75) is 76.9 Å². The van der Waals surface area contributed by atoms with Crippen LogP contribution in [0.4, 0.5) is 4.79 Å². The van der Waals surface area contributed by atoms with Gasteiger partial charge in [-0.1, -0.05) is 30.3 Å². The van der Waals surface area contributed by atoms with E-state index in [4.69, 9.17) is 18.4 Å². The van der Waals surface area contributed by atoms with E-state index in [9.17, 15) is 13.2 Å². The van der Waals surface area contributed by atoms with Crippen molar-refractivity contribution in [3.8, 4) is 0 Å². The second-order valence-corrected chi connectivity index (χ2v) is 10.2. The van der Waals surface area contributed by atoms with Crippen LogP contribution in [0.15, 0.2) is 30.3 Å². The minimum atomic E-state index is -4.14. The van der Waals surface area contributed by atoms with Crippen LogP contribution in [-0.4, -0.2) is 55.9 Å². The Morgan fingerprint density at radius 2 is 1.67 bits per heavy atom. The molecule has 1 aliphatic heterocycles. The number of ether oxygens (including phenoxy) is 3. The monoisotopic (exact) mass is 441 g/mol. The highest BCUT2D eigenvalue weighted by atomic mass is 32.2. The van der Waals surface area contributed by atoms with Crippen LogP contribution in [0.5, 0.6) is 0 Å². The molecule has 8 nitrogen and oxygen atoms in total. The zero-order chi connectivity index (χ0) is 21.8. The molecule has 1 aliphatic carbocycles. The molecule has 0 spiro atoms. The summed E-state index contributed by atoms with van der Waals surface area (Å²) in [5.41, 5.74) is 0.346. The Balaban J connectivity index is 1.44. The van der Waals surface area contributed by atoms with Gasteiger partial charge in [0.05, 0.1) is 32.0 Å². The SMILES string of the molecule is CC(C)(C)OC(=O)N1[C@H](COC2CCC(OCc3ccccc3)CC2)COS1(=O)=O. The maximum absolute atomic E-state index is 12.3. The first-order chi connectivity index (χ1) is 14.1. The summed E-state index contributed by atoms with van der Waals surface area (Å²) < 4.78 is 46.9. The third kappa shape index (κ3) is 6.41. The Morgan fingerprint density at radius 1 is 1.07 bits per heavy atom. The number of carbonyl (C=O) groups excluding carboxylic acids is 1. The zero-order valence-corrected chi connectivity index (χ0v) is 18.6. The lowest BCUT2D eigenvalue weighted by Gasteiger charge is -2.30. The van der Waals surface area contributed by atoms with Gasteiger partial charge in [0.2, 0.25) is 0 Å². The number of rotatable bonds is 6. The van der Waals surface area contributed by atoms with E-state index < -0.39 is 28.0 Å². The van der Waals surface area contributed by atoms with Gasteiger partial charge in [-0.3, -0.25) is 4.18 Å². The average Bonchev–Trinajstić information content (AvgIpc) is 2.99. The maximum Gasteiger partial charge on any atom is 0.426 e. The molecule has 1 heterocycles. The average molecular weight is 442 g/mol. The van der Waals surface area contributed by atoms with Gasteiger partial charge in [0.25, 0.3) is 0 Å². The summed E-state index contributed by atoms with van der Waals surface area (Å²) in [5, 5.41) is 0. The van der Waals surface area contributed by atoms with Gasteiger partial charge < -0.3 is 14.2 Å². The molecule has 1 saturated heterocycles. The van der Waals surface area contributed by atoms with Crippen molar-refractivity contribution in [2.75, 3.05) is 13.2 Å². The van der Waals surface area contributed by atoms with Gasteiger partial charge in [0.1, 0.15) is 11.6 Å². The third-order valence-electron chi connectivity index (χ3n) is 5.03. The van der Waals surface area contributed by atoms with Gasteiger partial charge in [-0.2, -0.15) is 12.7 Å². The highest BCUT2D eigenvalue weighted by Crippen LogP contribution is 2.27.